The molecule has 0 aliphatic heterocycles. The van der Waals surface area contributed by atoms with Crippen LogP contribution in [0.2, 0.25) is 0 Å². The van der Waals surface area contributed by atoms with Crippen molar-refractivity contribution in [1.29, 1.82) is 0 Å². The van der Waals surface area contributed by atoms with Crippen LogP contribution < -0.4 is 10.2 Å². The molecule has 0 fully saturated rings. The van der Waals surface area contributed by atoms with E-state index in [1.807, 2.05) is 0 Å². The van der Waals surface area contributed by atoms with Gasteiger partial charge in [-0.1, -0.05) is 13.8 Å². The molecule has 0 saturated carbocycles. The number of nitrogens with one attached hydrogen (secondary N) is 1. The second-order valence-electron chi connectivity index (χ2n) is 5.38. The van der Waals surface area contributed by atoms with Crippen LogP contribution in [0.4, 0.5) is 5.13 Å². The molecular weight excluding hydrogens is 258 g/mol. The lowest BCUT2D eigenvalue weighted by molar-refractivity contribution is 0.0846. The van der Waals surface area contributed by atoms with Crippen molar-refractivity contribution < 1.29 is 4.74 Å². The average molecular weight is 285 g/mol. The number of hydrogen-bond donors (Lipinski definition) is 1. The van der Waals surface area contributed by atoms with Crippen molar-refractivity contribution in [3.8, 4) is 0 Å². The Bertz CT molecular complexity index is 377. The van der Waals surface area contributed by atoms with Gasteiger partial charge in [0.1, 0.15) is 0 Å². The minimum absolute atomic E-state index is 0.289. The van der Waals surface area contributed by atoms with Crippen LogP contribution in [-0.4, -0.2) is 37.3 Å². The zero-order chi connectivity index (χ0) is 14.4. The molecule has 1 aromatic heterocycles. The predicted molar refractivity (Wildman–Crippen MR) is 83.2 cm³/mol. The maximum absolute atomic E-state index is 5.57. The Morgan fingerprint density at radius 3 is 2.58 bits per heavy atom. The summed E-state index contributed by atoms with van der Waals surface area (Å²) in [6.07, 6.45) is 0.289. The van der Waals surface area contributed by atoms with E-state index >= 15 is 0 Å². The van der Waals surface area contributed by atoms with Crippen molar-refractivity contribution in [2.75, 3.05) is 25.1 Å². The second kappa shape index (κ2) is 7.82. The zero-order valence-corrected chi connectivity index (χ0v) is 13.8. The van der Waals surface area contributed by atoms with Gasteiger partial charge in [0.05, 0.1) is 18.4 Å². The van der Waals surface area contributed by atoms with Crippen molar-refractivity contribution in [1.82, 2.24) is 10.3 Å². The molecule has 0 radical (unpaired) electrons. The number of aryl methyl sites for hydroxylation is 1. The molecule has 1 aromatic rings. The Labute approximate surface area is 121 Å². The maximum Gasteiger partial charge on any atom is 0.185 e. The van der Waals surface area contributed by atoms with Crippen LogP contribution >= 0.6 is 11.3 Å². The highest BCUT2D eigenvalue weighted by Crippen LogP contribution is 2.25. The Kier molecular flexibility index (Phi) is 6.75. The molecule has 110 valence electrons. The van der Waals surface area contributed by atoms with Gasteiger partial charge in [0.2, 0.25) is 0 Å². The normalized spacial score (nSPS) is 11.6. The molecule has 0 saturated heterocycles. The molecule has 0 aromatic carbocycles. The number of likely N-dealkylation sites (N-methyl/N-ethyl adjacent to an activating group) is 1. The fourth-order valence-corrected chi connectivity index (χ4v) is 2.56. The number of rotatable bonds is 8. The van der Waals surface area contributed by atoms with E-state index in [9.17, 15) is 0 Å². The summed E-state index contributed by atoms with van der Waals surface area (Å²) in [7, 11) is 2.07. The van der Waals surface area contributed by atoms with E-state index in [4.69, 9.17) is 4.74 Å². The fourth-order valence-electron chi connectivity index (χ4n) is 1.56. The van der Waals surface area contributed by atoms with E-state index in [0.29, 0.717) is 6.04 Å². The number of ether oxygens (including phenoxy) is 1. The van der Waals surface area contributed by atoms with Crippen LogP contribution in [-0.2, 0) is 11.3 Å². The molecule has 1 N–H and O–H groups in total. The van der Waals surface area contributed by atoms with E-state index in [1.54, 1.807) is 11.3 Å². The smallest absolute Gasteiger partial charge is 0.185 e. The highest BCUT2D eigenvalue weighted by atomic mass is 32.1. The molecule has 1 rings (SSSR count). The van der Waals surface area contributed by atoms with E-state index in [0.717, 1.165) is 30.5 Å². The number of thiazole rings is 1. The number of anilines is 1. The molecule has 0 bridgehead atoms. The molecule has 0 spiro atoms. The predicted octanol–water partition coefficient (Wildman–Crippen LogP) is 2.81. The first kappa shape index (κ1) is 16.4. The molecular formula is C14H27N3OS. The lowest BCUT2D eigenvalue weighted by atomic mass is 10.3. The summed E-state index contributed by atoms with van der Waals surface area (Å²) in [4.78, 5) is 8.12. The standard InChI is InChI=1S/C14H27N3OS/c1-10(2)15-9-13-12(5)16-14(19-13)17(6)7-8-18-11(3)4/h10-11,15H,7-9H2,1-6H3. The lowest BCUT2D eigenvalue weighted by Crippen LogP contribution is -2.23. The van der Waals surface area contributed by atoms with Gasteiger partial charge < -0.3 is 15.0 Å². The first-order chi connectivity index (χ1) is 8.90. The Morgan fingerprint density at radius 2 is 2.00 bits per heavy atom. The van der Waals surface area contributed by atoms with Gasteiger partial charge in [-0.15, -0.1) is 11.3 Å². The highest BCUT2D eigenvalue weighted by Gasteiger charge is 2.11. The molecule has 5 heteroatoms. The summed E-state index contributed by atoms with van der Waals surface area (Å²) >= 11 is 1.77. The van der Waals surface area contributed by atoms with Gasteiger partial charge in [-0.3, -0.25) is 0 Å². The SMILES string of the molecule is Cc1nc(N(C)CCOC(C)C)sc1CNC(C)C. The van der Waals surface area contributed by atoms with E-state index in [2.05, 4.69) is 56.9 Å². The van der Waals surface area contributed by atoms with Crippen LogP contribution in [0, 0.1) is 6.92 Å². The van der Waals surface area contributed by atoms with Crippen LogP contribution in [0.15, 0.2) is 0 Å². The quantitative estimate of drug-likeness (QED) is 0.797. The van der Waals surface area contributed by atoms with Crippen molar-refractivity contribution in [2.24, 2.45) is 0 Å². The van der Waals surface area contributed by atoms with Crippen LogP contribution in [0.25, 0.3) is 0 Å². The summed E-state index contributed by atoms with van der Waals surface area (Å²) in [5.74, 6) is 0. The minimum atomic E-state index is 0.289. The molecule has 1 heterocycles. The summed E-state index contributed by atoms with van der Waals surface area (Å²) < 4.78 is 5.57. The molecule has 0 atom stereocenters. The third-order valence-electron chi connectivity index (χ3n) is 2.76. The summed E-state index contributed by atoms with van der Waals surface area (Å²) in [6.45, 7) is 13.0. The van der Waals surface area contributed by atoms with Gasteiger partial charge in [-0.05, 0) is 20.8 Å². The Hall–Kier alpha value is -0.650. The summed E-state index contributed by atoms with van der Waals surface area (Å²) in [5.41, 5.74) is 1.13. The molecule has 0 aliphatic rings. The largest absolute Gasteiger partial charge is 0.377 e. The third kappa shape index (κ3) is 5.89. The van der Waals surface area contributed by atoms with Crippen molar-refractivity contribution in [3.05, 3.63) is 10.6 Å². The van der Waals surface area contributed by atoms with E-state index in [-0.39, 0.29) is 6.10 Å². The van der Waals surface area contributed by atoms with Gasteiger partial charge in [0, 0.05) is 31.1 Å². The highest BCUT2D eigenvalue weighted by molar-refractivity contribution is 7.15. The van der Waals surface area contributed by atoms with E-state index < -0.39 is 0 Å². The first-order valence-electron chi connectivity index (χ1n) is 6.92. The summed E-state index contributed by atoms with van der Waals surface area (Å²) in [5, 5.41) is 4.51. The Morgan fingerprint density at radius 1 is 1.32 bits per heavy atom. The van der Waals surface area contributed by atoms with Gasteiger partial charge in [-0.2, -0.15) is 0 Å². The van der Waals surface area contributed by atoms with Crippen molar-refractivity contribution in [2.45, 2.75) is 53.3 Å². The van der Waals surface area contributed by atoms with Gasteiger partial charge in [-0.25, -0.2) is 4.98 Å². The molecule has 4 nitrogen and oxygen atoms in total. The van der Waals surface area contributed by atoms with Crippen molar-refractivity contribution >= 4 is 16.5 Å². The Balaban J connectivity index is 2.51. The first-order valence-corrected chi connectivity index (χ1v) is 7.74. The fraction of sp³-hybridized carbons (Fsp3) is 0.786. The topological polar surface area (TPSA) is 37.4 Å². The number of aromatic nitrogens is 1. The number of hydrogen-bond acceptors (Lipinski definition) is 5. The lowest BCUT2D eigenvalue weighted by Gasteiger charge is -2.16. The van der Waals surface area contributed by atoms with Crippen LogP contribution in [0.5, 0.6) is 0 Å². The zero-order valence-electron chi connectivity index (χ0n) is 13.0. The second-order valence-corrected chi connectivity index (χ2v) is 6.44. The summed E-state index contributed by atoms with van der Waals surface area (Å²) in [6, 6.07) is 0.502. The monoisotopic (exact) mass is 285 g/mol. The number of nitrogens with zero attached hydrogens (tertiary/aromatic N) is 2. The van der Waals surface area contributed by atoms with Gasteiger partial charge in [0.25, 0.3) is 0 Å². The minimum Gasteiger partial charge on any atom is -0.377 e. The molecule has 19 heavy (non-hydrogen) atoms. The third-order valence-corrected chi connectivity index (χ3v) is 4.03. The van der Waals surface area contributed by atoms with E-state index in [1.165, 1.54) is 4.88 Å². The van der Waals surface area contributed by atoms with Gasteiger partial charge >= 0.3 is 0 Å². The molecule has 0 aliphatic carbocycles. The molecule has 0 unspecified atom stereocenters. The van der Waals surface area contributed by atoms with Crippen LogP contribution in [0.3, 0.4) is 0 Å². The van der Waals surface area contributed by atoms with Gasteiger partial charge in [0.15, 0.2) is 5.13 Å². The maximum atomic E-state index is 5.57. The average Bonchev–Trinajstić information content (AvgIpc) is 2.67. The molecule has 0 amide bonds. The van der Waals surface area contributed by atoms with Crippen LogP contribution in [0.1, 0.15) is 38.3 Å². The van der Waals surface area contributed by atoms with Crippen molar-refractivity contribution in [3.63, 3.8) is 0 Å².